The van der Waals surface area contributed by atoms with Crippen molar-refractivity contribution in [2.75, 3.05) is 15.1 Å². The average Bonchev–Trinajstić information content (AvgIpc) is 3.29. The summed E-state index contributed by atoms with van der Waals surface area (Å²) in [6.07, 6.45) is 2.30. The van der Waals surface area contributed by atoms with Crippen LogP contribution in [0.4, 0.5) is 34.1 Å². The molecule has 0 saturated carbocycles. The Morgan fingerprint density at radius 1 is 0.404 bits per heavy atom. The molecule has 1 heterocycles. The number of anilines is 6. The normalized spacial score (nSPS) is 12.1. The van der Waals surface area contributed by atoms with Gasteiger partial charge >= 0.3 is 0 Å². The topological polar surface area (TPSA) is 6.48 Å². The molecule has 0 bridgehead atoms. The minimum Gasteiger partial charge on any atom is -0.306 e. The first kappa shape index (κ1) is 36.1. The molecular formula is C53H38Cl2N2. The molecule has 1 aliphatic heterocycles. The number of para-hydroxylation sites is 3. The molecule has 10 rings (SSSR count). The first-order valence-electron chi connectivity index (χ1n) is 19.1. The van der Waals surface area contributed by atoms with Gasteiger partial charge in [0.1, 0.15) is 0 Å². The van der Waals surface area contributed by atoms with E-state index in [1.54, 1.807) is 0 Å². The van der Waals surface area contributed by atoms with Crippen LogP contribution in [0.5, 0.6) is 0 Å². The maximum absolute atomic E-state index is 4.76. The second-order valence-electron chi connectivity index (χ2n) is 13.8. The zero-order valence-electron chi connectivity index (χ0n) is 31.1. The molecule has 57 heavy (non-hydrogen) atoms. The number of hydrogen-bond donors (Lipinski definition) is 0. The summed E-state index contributed by atoms with van der Waals surface area (Å²) in [5.74, 6) is 0. The van der Waals surface area contributed by atoms with Crippen LogP contribution in [0.2, 0.25) is 0 Å². The lowest BCUT2D eigenvalue weighted by Crippen LogP contribution is -2.24. The molecule has 0 aliphatic carbocycles. The minimum atomic E-state index is 0.194. The lowest BCUT2D eigenvalue weighted by molar-refractivity contribution is 1.19. The quantitative estimate of drug-likeness (QED) is 0.0943. The number of halogens is 2. The fourth-order valence-corrected chi connectivity index (χ4v) is 8.16. The van der Waals surface area contributed by atoms with Crippen LogP contribution in [0.25, 0.3) is 44.3 Å². The molecule has 0 radical (unpaired) electrons. The Labute approximate surface area is 344 Å². The van der Waals surface area contributed by atoms with Crippen molar-refractivity contribution in [2.24, 2.45) is 0 Å². The van der Waals surface area contributed by atoms with Gasteiger partial charge < -0.3 is 9.80 Å². The summed E-state index contributed by atoms with van der Waals surface area (Å²) in [5, 5.41) is 5.12. The zero-order valence-corrected chi connectivity index (χ0v) is 32.7. The maximum atomic E-state index is 4.76. The van der Waals surface area contributed by atoms with Crippen molar-refractivity contribution < 1.29 is 0 Å². The molecule has 0 spiro atoms. The van der Waals surface area contributed by atoms with E-state index in [0.717, 1.165) is 22.7 Å². The maximum Gasteiger partial charge on any atom is 0.0967 e. The Bertz CT molecular complexity index is 2840. The third-order valence-corrected chi connectivity index (χ3v) is 10.6. The molecule has 4 heteroatoms. The van der Waals surface area contributed by atoms with Crippen LogP contribution in [0, 0.1) is 0 Å². The molecule has 9 aromatic carbocycles. The standard InChI is InChI=1S/C52H36N2.CH2Cl2/c1-4-18-37(19-5-1)36-48(38-20-6-2-7-21-38)43-25-11-10-24-42(43)39-32-34-41(35-33-39)54-50-31-17-16-30-49(50)53(40-22-8-3-9-23-40)51-46-28-14-12-26-44(46)45-27-13-15-29-47(45)52(51)54;2-1-3/h1-36H;1H2/b48-36+;. The highest BCUT2D eigenvalue weighted by Crippen LogP contribution is 2.59. The van der Waals surface area contributed by atoms with Gasteiger partial charge in [0.15, 0.2) is 0 Å². The van der Waals surface area contributed by atoms with E-state index in [9.17, 15) is 0 Å². The van der Waals surface area contributed by atoms with Gasteiger partial charge in [-0.1, -0.05) is 176 Å². The highest BCUT2D eigenvalue weighted by atomic mass is 35.5. The Hall–Kier alpha value is -6.58. The van der Waals surface area contributed by atoms with Crippen molar-refractivity contribution in [3.63, 3.8) is 0 Å². The largest absolute Gasteiger partial charge is 0.306 e. The highest BCUT2D eigenvalue weighted by molar-refractivity contribution is 6.40. The van der Waals surface area contributed by atoms with Gasteiger partial charge in [-0.25, -0.2) is 0 Å². The van der Waals surface area contributed by atoms with Crippen LogP contribution >= 0.6 is 23.2 Å². The van der Waals surface area contributed by atoms with E-state index in [-0.39, 0.29) is 5.34 Å². The summed E-state index contributed by atoms with van der Waals surface area (Å²) in [4.78, 5) is 4.92. The summed E-state index contributed by atoms with van der Waals surface area (Å²) in [6, 6.07) is 76.5. The number of nitrogens with zero attached hydrogens (tertiary/aromatic N) is 2. The molecule has 0 N–H and O–H groups in total. The predicted molar refractivity (Wildman–Crippen MR) is 246 cm³/mol. The second-order valence-corrected chi connectivity index (χ2v) is 14.6. The van der Waals surface area contributed by atoms with Crippen LogP contribution in [-0.2, 0) is 0 Å². The molecule has 2 nitrogen and oxygen atoms in total. The Morgan fingerprint density at radius 2 is 0.825 bits per heavy atom. The van der Waals surface area contributed by atoms with E-state index >= 15 is 0 Å². The van der Waals surface area contributed by atoms with E-state index in [1.165, 1.54) is 66.3 Å². The molecular weight excluding hydrogens is 736 g/mol. The average molecular weight is 774 g/mol. The molecule has 0 unspecified atom stereocenters. The van der Waals surface area contributed by atoms with Crippen molar-refractivity contribution in [2.45, 2.75) is 0 Å². The van der Waals surface area contributed by atoms with Crippen LogP contribution in [0.15, 0.2) is 212 Å². The van der Waals surface area contributed by atoms with Crippen molar-refractivity contribution in [3.8, 4) is 11.1 Å². The highest BCUT2D eigenvalue weighted by Gasteiger charge is 2.33. The summed E-state index contributed by atoms with van der Waals surface area (Å²) < 4.78 is 0. The molecule has 0 aromatic heterocycles. The molecule has 274 valence electrons. The van der Waals surface area contributed by atoms with Crippen LogP contribution in [0.3, 0.4) is 0 Å². The molecule has 9 aromatic rings. The molecule has 0 fully saturated rings. The van der Waals surface area contributed by atoms with Gasteiger partial charge in [0, 0.05) is 22.1 Å². The van der Waals surface area contributed by atoms with E-state index < -0.39 is 0 Å². The van der Waals surface area contributed by atoms with Gasteiger partial charge in [-0.3, -0.25) is 0 Å². The van der Waals surface area contributed by atoms with Crippen molar-refractivity contribution in [1.29, 1.82) is 0 Å². The summed E-state index contributed by atoms with van der Waals surface area (Å²) in [6.45, 7) is 0. The monoisotopic (exact) mass is 772 g/mol. The number of fused-ring (bicyclic) bond motifs is 7. The van der Waals surface area contributed by atoms with Gasteiger partial charge in [0.2, 0.25) is 0 Å². The molecule has 1 aliphatic rings. The lowest BCUT2D eigenvalue weighted by Gasteiger charge is -2.42. The molecule has 0 atom stereocenters. The van der Waals surface area contributed by atoms with E-state index in [1.807, 2.05) is 0 Å². The van der Waals surface area contributed by atoms with Gasteiger partial charge in [0.05, 0.1) is 28.1 Å². The van der Waals surface area contributed by atoms with Gasteiger partial charge in [-0.15, -0.1) is 23.2 Å². The van der Waals surface area contributed by atoms with Gasteiger partial charge in [-0.2, -0.15) is 0 Å². The third kappa shape index (κ3) is 6.84. The second kappa shape index (κ2) is 16.3. The van der Waals surface area contributed by atoms with E-state index in [2.05, 4.69) is 228 Å². The Kier molecular flexibility index (Phi) is 10.3. The first-order valence-corrected chi connectivity index (χ1v) is 20.1. The van der Waals surface area contributed by atoms with Crippen molar-refractivity contribution >= 4 is 90.5 Å². The fourth-order valence-electron chi connectivity index (χ4n) is 8.16. The lowest BCUT2D eigenvalue weighted by atomic mass is 9.89. The van der Waals surface area contributed by atoms with Crippen molar-refractivity contribution in [1.82, 2.24) is 0 Å². The number of alkyl halides is 2. The number of hydrogen-bond acceptors (Lipinski definition) is 2. The van der Waals surface area contributed by atoms with E-state index in [4.69, 9.17) is 23.2 Å². The third-order valence-electron chi connectivity index (χ3n) is 10.6. The van der Waals surface area contributed by atoms with Gasteiger partial charge in [-0.05, 0) is 86.6 Å². The SMILES string of the molecule is C(=C(/c1ccccc1)c1ccccc1-c1ccc(N2c3ccccc3N(c3ccccc3)c3c2c2ccccc2c2ccccc32)cc1)/c1ccccc1.ClCCl. The Balaban J connectivity index is 0.00000137. The number of rotatable bonds is 6. The fraction of sp³-hybridized carbons (Fsp3) is 0.0189. The van der Waals surface area contributed by atoms with Crippen molar-refractivity contribution in [3.05, 3.63) is 229 Å². The number of benzene rings is 9. The minimum absolute atomic E-state index is 0.194. The summed E-state index contributed by atoms with van der Waals surface area (Å²) in [5.41, 5.74) is 14.0. The molecule has 0 amide bonds. The van der Waals surface area contributed by atoms with Crippen LogP contribution < -0.4 is 9.80 Å². The van der Waals surface area contributed by atoms with Gasteiger partial charge in [0.25, 0.3) is 0 Å². The van der Waals surface area contributed by atoms with E-state index in [0.29, 0.717) is 0 Å². The summed E-state index contributed by atoms with van der Waals surface area (Å²) >= 11 is 9.53. The molecule has 0 saturated heterocycles. The first-order chi connectivity index (χ1) is 28.2. The summed E-state index contributed by atoms with van der Waals surface area (Å²) in [7, 11) is 0. The predicted octanol–water partition coefficient (Wildman–Crippen LogP) is 15.9. The van der Waals surface area contributed by atoms with Crippen LogP contribution in [0.1, 0.15) is 16.7 Å². The zero-order chi connectivity index (χ0) is 38.6. The van der Waals surface area contributed by atoms with Crippen LogP contribution in [-0.4, -0.2) is 5.34 Å². The smallest absolute Gasteiger partial charge is 0.0967 e. The Morgan fingerprint density at radius 3 is 1.39 bits per heavy atom.